The van der Waals surface area contributed by atoms with E-state index >= 15 is 0 Å². The Morgan fingerprint density at radius 1 is 1.08 bits per heavy atom. The summed E-state index contributed by atoms with van der Waals surface area (Å²) in [5.74, 6) is -0.145. The number of carbonyl (C=O) groups excluding carboxylic acids is 2. The lowest BCUT2D eigenvalue weighted by atomic mass is 10.1. The van der Waals surface area contributed by atoms with Crippen LogP contribution in [0, 0.1) is 0 Å². The number of hydrogen-bond acceptors (Lipinski definition) is 3. The molecule has 0 unspecified atom stereocenters. The highest BCUT2D eigenvalue weighted by atomic mass is 16.5. The molecule has 2 aromatic carbocycles. The Bertz CT molecular complexity index is 669. The zero-order valence-electron chi connectivity index (χ0n) is 13.7. The van der Waals surface area contributed by atoms with Crippen molar-refractivity contribution >= 4 is 11.8 Å². The molecule has 2 rings (SSSR count). The first kappa shape index (κ1) is 17.5. The fourth-order valence-electron chi connectivity index (χ4n) is 2.28. The Labute approximate surface area is 141 Å². The van der Waals surface area contributed by atoms with Crippen LogP contribution < -0.4 is 15.8 Å². The third-order valence-electron chi connectivity index (χ3n) is 3.63. The van der Waals surface area contributed by atoms with Gasteiger partial charge in [-0.2, -0.15) is 0 Å². The van der Waals surface area contributed by atoms with Crippen LogP contribution in [0.3, 0.4) is 0 Å². The summed E-state index contributed by atoms with van der Waals surface area (Å²) in [6, 6.07) is 16.6. The fourth-order valence-corrected chi connectivity index (χ4v) is 2.28. The maximum absolute atomic E-state index is 11.9. The average molecular weight is 326 g/mol. The first-order chi connectivity index (χ1) is 11.5. The van der Waals surface area contributed by atoms with Gasteiger partial charge in [-0.15, -0.1) is 0 Å². The molecule has 0 bridgehead atoms. The number of amides is 2. The predicted octanol–water partition coefficient (Wildman–Crippen LogP) is 2.30. The minimum atomic E-state index is -0.494. The molecule has 0 fully saturated rings. The first-order valence-corrected chi connectivity index (χ1v) is 7.90. The summed E-state index contributed by atoms with van der Waals surface area (Å²) in [6.45, 7) is 1.91. The van der Waals surface area contributed by atoms with Crippen molar-refractivity contribution in [1.82, 2.24) is 5.32 Å². The molecule has 5 heteroatoms. The summed E-state index contributed by atoms with van der Waals surface area (Å²) in [7, 11) is 0. The molecule has 0 saturated carbocycles. The lowest BCUT2D eigenvalue weighted by molar-refractivity contribution is -0.123. The number of hydrogen-bond donors (Lipinski definition) is 2. The van der Waals surface area contributed by atoms with E-state index in [9.17, 15) is 9.59 Å². The van der Waals surface area contributed by atoms with E-state index in [0.29, 0.717) is 11.3 Å². The van der Waals surface area contributed by atoms with Crippen molar-refractivity contribution < 1.29 is 14.3 Å². The summed E-state index contributed by atoms with van der Waals surface area (Å²) >= 11 is 0. The number of nitrogens with one attached hydrogen (secondary N) is 1. The molecule has 0 radical (unpaired) electrons. The second kappa shape index (κ2) is 8.72. The highest BCUT2D eigenvalue weighted by Crippen LogP contribution is 2.11. The number of nitrogens with two attached hydrogens (primary N) is 1. The second-order valence-electron chi connectivity index (χ2n) is 5.67. The predicted molar refractivity (Wildman–Crippen MR) is 92.8 cm³/mol. The Morgan fingerprint density at radius 2 is 1.75 bits per heavy atom. The van der Waals surface area contributed by atoms with E-state index in [0.717, 1.165) is 12.8 Å². The molecule has 5 nitrogen and oxygen atoms in total. The smallest absolute Gasteiger partial charge is 0.258 e. The highest BCUT2D eigenvalue weighted by molar-refractivity contribution is 5.92. The van der Waals surface area contributed by atoms with Crippen LogP contribution in [0.25, 0.3) is 0 Å². The maximum atomic E-state index is 11.9. The molecule has 0 aromatic heterocycles. The van der Waals surface area contributed by atoms with Crippen molar-refractivity contribution in [2.75, 3.05) is 6.61 Å². The molecule has 0 aliphatic rings. The van der Waals surface area contributed by atoms with Crippen LogP contribution >= 0.6 is 0 Å². The summed E-state index contributed by atoms with van der Waals surface area (Å²) in [5.41, 5.74) is 6.83. The number of rotatable bonds is 8. The van der Waals surface area contributed by atoms with Gasteiger partial charge >= 0.3 is 0 Å². The Kier molecular flexibility index (Phi) is 6.37. The van der Waals surface area contributed by atoms with Gasteiger partial charge in [-0.25, -0.2) is 0 Å². The summed E-state index contributed by atoms with van der Waals surface area (Å²) in [6.07, 6.45) is 1.78. The quantitative estimate of drug-likeness (QED) is 0.781. The zero-order valence-corrected chi connectivity index (χ0v) is 13.7. The van der Waals surface area contributed by atoms with Gasteiger partial charge in [0.05, 0.1) is 0 Å². The number of benzene rings is 2. The van der Waals surface area contributed by atoms with Crippen LogP contribution in [-0.2, 0) is 11.2 Å². The van der Waals surface area contributed by atoms with Gasteiger partial charge in [0.15, 0.2) is 6.61 Å². The molecular weight excluding hydrogens is 304 g/mol. The Morgan fingerprint density at radius 3 is 2.38 bits per heavy atom. The average Bonchev–Trinajstić information content (AvgIpc) is 2.59. The Balaban J connectivity index is 1.71. The van der Waals surface area contributed by atoms with Crippen molar-refractivity contribution in [2.45, 2.75) is 25.8 Å². The molecule has 126 valence electrons. The van der Waals surface area contributed by atoms with Gasteiger partial charge in [0.2, 0.25) is 5.91 Å². The zero-order chi connectivity index (χ0) is 17.4. The SMILES string of the molecule is C[C@@H](CCc1ccccc1)NC(=O)COc1ccc(C(N)=O)cc1. The van der Waals surface area contributed by atoms with E-state index in [-0.39, 0.29) is 18.6 Å². The third kappa shape index (κ3) is 5.76. The molecular formula is C19H22N2O3. The number of carbonyl (C=O) groups is 2. The summed E-state index contributed by atoms with van der Waals surface area (Å²) < 4.78 is 5.40. The maximum Gasteiger partial charge on any atom is 0.258 e. The topological polar surface area (TPSA) is 81.4 Å². The molecule has 0 aliphatic carbocycles. The van der Waals surface area contributed by atoms with E-state index in [4.69, 9.17) is 10.5 Å². The Hall–Kier alpha value is -2.82. The van der Waals surface area contributed by atoms with Gasteiger partial charge in [-0.05, 0) is 49.6 Å². The molecule has 3 N–H and O–H groups in total. The molecule has 2 aromatic rings. The lowest BCUT2D eigenvalue weighted by Crippen LogP contribution is -2.36. The van der Waals surface area contributed by atoms with E-state index in [2.05, 4.69) is 17.4 Å². The number of ether oxygens (including phenoxy) is 1. The van der Waals surface area contributed by atoms with Crippen LogP contribution in [0.5, 0.6) is 5.75 Å². The number of primary amides is 1. The standard InChI is InChI=1S/C19H22N2O3/c1-14(7-8-15-5-3-2-4-6-15)21-18(22)13-24-17-11-9-16(10-12-17)19(20)23/h2-6,9-12,14H,7-8,13H2,1H3,(H2,20,23)(H,21,22)/t14-/m0/s1. The molecule has 24 heavy (non-hydrogen) atoms. The molecule has 0 aliphatic heterocycles. The van der Waals surface area contributed by atoms with Crippen molar-refractivity contribution in [3.8, 4) is 5.75 Å². The van der Waals surface area contributed by atoms with Gasteiger partial charge < -0.3 is 15.8 Å². The highest BCUT2D eigenvalue weighted by Gasteiger charge is 2.09. The minimum absolute atomic E-state index is 0.0639. The first-order valence-electron chi connectivity index (χ1n) is 7.90. The van der Waals surface area contributed by atoms with Gasteiger partial charge in [-0.3, -0.25) is 9.59 Å². The number of aryl methyl sites for hydroxylation is 1. The fraction of sp³-hybridized carbons (Fsp3) is 0.263. The van der Waals surface area contributed by atoms with Crippen molar-refractivity contribution in [1.29, 1.82) is 0 Å². The minimum Gasteiger partial charge on any atom is -0.484 e. The van der Waals surface area contributed by atoms with E-state index in [1.165, 1.54) is 5.56 Å². The van der Waals surface area contributed by atoms with Crippen molar-refractivity contribution in [2.24, 2.45) is 5.73 Å². The van der Waals surface area contributed by atoms with Crippen LogP contribution in [0.15, 0.2) is 54.6 Å². The van der Waals surface area contributed by atoms with Crippen LogP contribution in [0.1, 0.15) is 29.3 Å². The van der Waals surface area contributed by atoms with Gasteiger partial charge in [-0.1, -0.05) is 30.3 Å². The lowest BCUT2D eigenvalue weighted by Gasteiger charge is -2.14. The van der Waals surface area contributed by atoms with Crippen LogP contribution in [-0.4, -0.2) is 24.5 Å². The van der Waals surface area contributed by atoms with Gasteiger partial charge in [0.1, 0.15) is 5.75 Å². The second-order valence-corrected chi connectivity index (χ2v) is 5.67. The molecule has 0 heterocycles. The largest absolute Gasteiger partial charge is 0.484 e. The van der Waals surface area contributed by atoms with Crippen LogP contribution in [0.4, 0.5) is 0 Å². The van der Waals surface area contributed by atoms with E-state index < -0.39 is 5.91 Å². The van der Waals surface area contributed by atoms with Crippen LogP contribution in [0.2, 0.25) is 0 Å². The molecule has 0 spiro atoms. The summed E-state index contributed by atoms with van der Waals surface area (Å²) in [4.78, 5) is 22.9. The monoisotopic (exact) mass is 326 g/mol. The van der Waals surface area contributed by atoms with Gasteiger partial charge in [0.25, 0.3) is 5.91 Å². The van der Waals surface area contributed by atoms with Crippen molar-refractivity contribution in [3.05, 3.63) is 65.7 Å². The molecule has 0 saturated heterocycles. The molecule has 1 atom stereocenters. The summed E-state index contributed by atoms with van der Waals surface area (Å²) in [5, 5.41) is 2.91. The van der Waals surface area contributed by atoms with Crippen molar-refractivity contribution in [3.63, 3.8) is 0 Å². The van der Waals surface area contributed by atoms with Gasteiger partial charge in [0, 0.05) is 11.6 Å². The van der Waals surface area contributed by atoms with E-state index in [1.807, 2.05) is 25.1 Å². The molecule has 2 amide bonds. The normalized spacial score (nSPS) is 11.5. The van der Waals surface area contributed by atoms with E-state index in [1.54, 1.807) is 24.3 Å². The third-order valence-corrected chi connectivity index (χ3v) is 3.63.